The van der Waals surface area contributed by atoms with Gasteiger partial charge in [0.25, 0.3) is 0 Å². The van der Waals surface area contributed by atoms with E-state index in [1.807, 2.05) is 11.7 Å². The fraction of sp³-hybridized carbons (Fsp3) is 0.571. The standard InChI is InChI=1S/C21H26F3N3O2S/c1-26-20-8-4-7-18(20)19(25-26)13-27(17-5-2-3-6-17)30(28,29)14-15-9-11-16(12-10-15)21(22,23)24/h9-12,17H,2-8,13-14H2,1H3. The first-order valence-electron chi connectivity index (χ1n) is 10.3. The molecule has 164 valence electrons. The minimum Gasteiger partial charge on any atom is -0.272 e. The molecule has 30 heavy (non-hydrogen) atoms. The Kier molecular flexibility index (Phi) is 5.69. The molecule has 0 unspecified atom stereocenters. The van der Waals surface area contributed by atoms with E-state index in [-0.39, 0.29) is 18.3 Å². The zero-order chi connectivity index (χ0) is 21.5. The van der Waals surface area contributed by atoms with Crippen LogP contribution >= 0.6 is 0 Å². The highest BCUT2D eigenvalue weighted by molar-refractivity contribution is 7.88. The van der Waals surface area contributed by atoms with Crippen LogP contribution in [-0.2, 0) is 48.4 Å². The van der Waals surface area contributed by atoms with Crippen LogP contribution in [0.15, 0.2) is 24.3 Å². The lowest BCUT2D eigenvalue weighted by atomic mass is 10.1. The average Bonchev–Trinajstić information content (AvgIpc) is 3.39. The first-order chi connectivity index (χ1) is 14.1. The molecular formula is C21H26F3N3O2S. The highest BCUT2D eigenvalue weighted by Crippen LogP contribution is 2.33. The minimum absolute atomic E-state index is 0.0801. The van der Waals surface area contributed by atoms with Gasteiger partial charge in [-0.1, -0.05) is 25.0 Å². The zero-order valence-corrected chi connectivity index (χ0v) is 17.8. The molecule has 2 aliphatic rings. The number of alkyl halides is 3. The van der Waals surface area contributed by atoms with Crippen LogP contribution in [0.2, 0.25) is 0 Å². The lowest BCUT2D eigenvalue weighted by molar-refractivity contribution is -0.137. The molecule has 5 nitrogen and oxygen atoms in total. The maximum Gasteiger partial charge on any atom is 0.416 e. The molecule has 0 amide bonds. The lowest BCUT2D eigenvalue weighted by Gasteiger charge is -2.28. The van der Waals surface area contributed by atoms with Gasteiger partial charge in [0.15, 0.2) is 0 Å². The monoisotopic (exact) mass is 441 g/mol. The van der Waals surface area contributed by atoms with E-state index < -0.39 is 21.8 Å². The van der Waals surface area contributed by atoms with Gasteiger partial charge in [-0.15, -0.1) is 0 Å². The quantitative estimate of drug-likeness (QED) is 0.675. The topological polar surface area (TPSA) is 55.2 Å². The van der Waals surface area contributed by atoms with Gasteiger partial charge in [-0.2, -0.15) is 22.6 Å². The SMILES string of the molecule is Cn1nc(CN(C2CCCC2)S(=O)(=O)Cc2ccc(C(F)(F)F)cc2)c2c1CCC2. The second-order valence-electron chi connectivity index (χ2n) is 8.28. The molecule has 1 fully saturated rings. The molecule has 0 spiro atoms. The van der Waals surface area contributed by atoms with Gasteiger partial charge in [0.05, 0.1) is 23.6 Å². The number of fused-ring (bicyclic) bond motifs is 1. The fourth-order valence-corrected chi connectivity index (χ4v) is 6.47. The van der Waals surface area contributed by atoms with Gasteiger partial charge in [-0.05, 0) is 55.4 Å². The van der Waals surface area contributed by atoms with Crippen molar-refractivity contribution < 1.29 is 21.6 Å². The Bertz CT molecular complexity index is 1010. The molecule has 0 aliphatic heterocycles. The summed E-state index contributed by atoms with van der Waals surface area (Å²) < 4.78 is 68.5. The number of rotatable bonds is 6. The van der Waals surface area contributed by atoms with Crippen LogP contribution < -0.4 is 0 Å². The third-order valence-electron chi connectivity index (χ3n) is 6.22. The highest BCUT2D eigenvalue weighted by Gasteiger charge is 2.35. The van der Waals surface area contributed by atoms with Crippen molar-refractivity contribution in [3.8, 4) is 0 Å². The Morgan fingerprint density at radius 3 is 2.40 bits per heavy atom. The second-order valence-corrected chi connectivity index (χ2v) is 10.2. The maximum atomic E-state index is 13.3. The van der Waals surface area contributed by atoms with Crippen LogP contribution in [0, 0.1) is 0 Å². The van der Waals surface area contributed by atoms with Crippen LogP contribution in [-0.4, -0.2) is 28.5 Å². The molecular weight excluding hydrogens is 415 g/mol. The van der Waals surface area contributed by atoms with Crippen molar-refractivity contribution in [2.75, 3.05) is 0 Å². The van der Waals surface area contributed by atoms with E-state index in [2.05, 4.69) is 5.10 Å². The van der Waals surface area contributed by atoms with E-state index in [1.165, 1.54) is 17.8 Å². The molecule has 1 heterocycles. The van der Waals surface area contributed by atoms with Crippen molar-refractivity contribution >= 4 is 10.0 Å². The molecule has 1 aromatic heterocycles. The number of sulfonamides is 1. The number of aromatic nitrogens is 2. The number of halogens is 3. The van der Waals surface area contributed by atoms with Gasteiger partial charge >= 0.3 is 6.18 Å². The van der Waals surface area contributed by atoms with E-state index >= 15 is 0 Å². The van der Waals surface area contributed by atoms with Crippen molar-refractivity contribution in [3.05, 3.63) is 52.3 Å². The first-order valence-corrected chi connectivity index (χ1v) is 12.0. The first kappa shape index (κ1) is 21.4. The van der Waals surface area contributed by atoms with Gasteiger partial charge in [0.1, 0.15) is 0 Å². The van der Waals surface area contributed by atoms with E-state index in [9.17, 15) is 21.6 Å². The van der Waals surface area contributed by atoms with Crippen molar-refractivity contribution in [1.29, 1.82) is 0 Å². The maximum absolute atomic E-state index is 13.3. The summed E-state index contributed by atoms with van der Waals surface area (Å²) in [5.41, 5.74) is 2.73. The number of hydrogen-bond acceptors (Lipinski definition) is 3. The smallest absolute Gasteiger partial charge is 0.272 e. The molecule has 1 aromatic carbocycles. The van der Waals surface area contributed by atoms with E-state index in [0.717, 1.165) is 68.3 Å². The van der Waals surface area contributed by atoms with Crippen molar-refractivity contribution in [1.82, 2.24) is 14.1 Å². The molecule has 0 atom stereocenters. The van der Waals surface area contributed by atoms with Crippen LogP contribution in [0.1, 0.15) is 60.2 Å². The number of nitrogens with zero attached hydrogens (tertiary/aromatic N) is 3. The molecule has 2 aliphatic carbocycles. The Morgan fingerprint density at radius 2 is 1.77 bits per heavy atom. The van der Waals surface area contributed by atoms with Crippen molar-refractivity contribution in [2.45, 2.75) is 69.5 Å². The fourth-order valence-electron chi connectivity index (χ4n) is 4.70. The predicted octanol–water partition coefficient (Wildman–Crippen LogP) is 4.20. The van der Waals surface area contributed by atoms with Crippen LogP contribution in [0.25, 0.3) is 0 Å². The summed E-state index contributed by atoms with van der Waals surface area (Å²) in [6.07, 6.45) is 2.07. The van der Waals surface area contributed by atoms with Crippen molar-refractivity contribution in [2.24, 2.45) is 7.05 Å². The average molecular weight is 442 g/mol. The van der Waals surface area contributed by atoms with Gasteiger partial charge in [-0.25, -0.2) is 8.42 Å². The normalized spacial score (nSPS) is 17.8. The Labute approximate surface area is 174 Å². The minimum atomic E-state index is -4.44. The predicted molar refractivity (Wildman–Crippen MR) is 107 cm³/mol. The molecule has 0 bridgehead atoms. The van der Waals surface area contributed by atoms with Crippen LogP contribution in [0.4, 0.5) is 13.2 Å². The highest BCUT2D eigenvalue weighted by atomic mass is 32.2. The molecule has 0 saturated heterocycles. The summed E-state index contributed by atoms with van der Waals surface area (Å²) in [4.78, 5) is 0. The van der Waals surface area contributed by atoms with Crippen LogP contribution in [0.3, 0.4) is 0 Å². The van der Waals surface area contributed by atoms with E-state index in [1.54, 1.807) is 4.31 Å². The number of hydrogen-bond donors (Lipinski definition) is 0. The molecule has 0 N–H and O–H groups in total. The second kappa shape index (κ2) is 8.00. The largest absolute Gasteiger partial charge is 0.416 e. The van der Waals surface area contributed by atoms with Crippen molar-refractivity contribution in [3.63, 3.8) is 0 Å². The van der Waals surface area contributed by atoms with Gasteiger partial charge < -0.3 is 0 Å². The van der Waals surface area contributed by atoms with Crippen LogP contribution in [0.5, 0.6) is 0 Å². The number of aryl methyl sites for hydroxylation is 1. The van der Waals surface area contributed by atoms with E-state index in [0.29, 0.717) is 5.56 Å². The summed E-state index contributed by atoms with van der Waals surface area (Å²) in [5.74, 6) is -0.309. The van der Waals surface area contributed by atoms with Gasteiger partial charge in [0.2, 0.25) is 10.0 Å². The summed E-state index contributed by atoms with van der Waals surface area (Å²) in [7, 11) is -1.82. The Balaban J connectivity index is 1.59. The Hall–Kier alpha value is -1.87. The molecule has 0 radical (unpaired) electrons. The summed E-state index contributed by atoms with van der Waals surface area (Å²) in [5, 5.41) is 4.59. The molecule has 2 aromatic rings. The Morgan fingerprint density at radius 1 is 1.10 bits per heavy atom. The third-order valence-corrected chi connectivity index (χ3v) is 8.06. The molecule has 9 heteroatoms. The summed E-state index contributed by atoms with van der Waals surface area (Å²) in [6, 6.07) is 4.31. The lowest BCUT2D eigenvalue weighted by Crippen LogP contribution is -2.39. The van der Waals surface area contributed by atoms with E-state index in [4.69, 9.17) is 0 Å². The number of benzene rings is 1. The summed E-state index contributed by atoms with van der Waals surface area (Å²) in [6.45, 7) is 0.233. The summed E-state index contributed by atoms with van der Waals surface area (Å²) >= 11 is 0. The molecule has 4 rings (SSSR count). The third kappa shape index (κ3) is 4.27. The van der Waals surface area contributed by atoms with Gasteiger partial charge in [-0.3, -0.25) is 4.68 Å². The van der Waals surface area contributed by atoms with Gasteiger partial charge in [0, 0.05) is 18.8 Å². The molecule has 1 saturated carbocycles. The zero-order valence-electron chi connectivity index (χ0n) is 17.0.